The van der Waals surface area contributed by atoms with Gasteiger partial charge in [0.05, 0.1) is 0 Å². The number of hydrogen-bond donors (Lipinski definition) is 0. The second-order valence-electron chi connectivity index (χ2n) is 8.18. The van der Waals surface area contributed by atoms with Gasteiger partial charge in [0.15, 0.2) is 0 Å². The molecule has 2 aliphatic rings. The minimum Gasteiger partial charge on any atom is -0.445 e. The Kier molecular flexibility index (Phi) is 5.39. The standard InChI is InChI=1S/C20H28N2O4/c1-20(2,3)26-19(24)21-10-9-16-11-22(13-17(16)12-21)18(23)25-14-15-7-5-4-6-8-15/h4-8,16-17H,9-14H2,1-3H3/t16-,17+/m1/s1. The van der Waals surface area contributed by atoms with Crippen LogP contribution in [0.2, 0.25) is 0 Å². The lowest BCUT2D eigenvalue weighted by Crippen LogP contribution is -2.45. The van der Waals surface area contributed by atoms with Gasteiger partial charge in [-0.1, -0.05) is 30.3 Å². The molecule has 2 atom stereocenters. The molecule has 2 heterocycles. The highest BCUT2D eigenvalue weighted by molar-refractivity contribution is 5.69. The number of carbonyl (C=O) groups is 2. The minimum atomic E-state index is -0.489. The number of carbonyl (C=O) groups excluding carboxylic acids is 2. The third kappa shape index (κ3) is 4.68. The first-order valence-corrected chi connectivity index (χ1v) is 9.25. The van der Waals surface area contributed by atoms with Crippen LogP contribution in [0.3, 0.4) is 0 Å². The minimum absolute atomic E-state index is 0.263. The van der Waals surface area contributed by atoms with E-state index in [0.29, 0.717) is 38.0 Å². The predicted octanol–water partition coefficient (Wildman–Crippen LogP) is 3.51. The first-order valence-electron chi connectivity index (χ1n) is 9.25. The summed E-state index contributed by atoms with van der Waals surface area (Å²) in [6, 6.07) is 9.68. The van der Waals surface area contributed by atoms with Crippen molar-refractivity contribution >= 4 is 12.2 Å². The smallest absolute Gasteiger partial charge is 0.410 e. The van der Waals surface area contributed by atoms with Crippen molar-refractivity contribution in [3.8, 4) is 0 Å². The van der Waals surface area contributed by atoms with E-state index in [-0.39, 0.29) is 18.8 Å². The molecular weight excluding hydrogens is 332 g/mol. The summed E-state index contributed by atoms with van der Waals surface area (Å²) in [6.45, 7) is 8.58. The van der Waals surface area contributed by atoms with Crippen molar-refractivity contribution in [1.82, 2.24) is 9.80 Å². The Morgan fingerprint density at radius 3 is 2.35 bits per heavy atom. The molecule has 2 aliphatic heterocycles. The molecule has 142 valence electrons. The van der Waals surface area contributed by atoms with Gasteiger partial charge in [-0.05, 0) is 44.6 Å². The molecule has 3 rings (SSSR count). The van der Waals surface area contributed by atoms with Gasteiger partial charge in [-0.25, -0.2) is 9.59 Å². The average Bonchev–Trinajstić information content (AvgIpc) is 3.02. The number of piperidine rings is 1. The number of amides is 2. The van der Waals surface area contributed by atoms with Crippen molar-refractivity contribution in [2.24, 2.45) is 11.8 Å². The van der Waals surface area contributed by atoms with Gasteiger partial charge in [-0.3, -0.25) is 0 Å². The van der Waals surface area contributed by atoms with Gasteiger partial charge in [-0.15, -0.1) is 0 Å². The summed E-state index contributed by atoms with van der Waals surface area (Å²) in [4.78, 5) is 28.2. The largest absolute Gasteiger partial charge is 0.445 e. The maximum Gasteiger partial charge on any atom is 0.410 e. The predicted molar refractivity (Wildman–Crippen MR) is 97.6 cm³/mol. The Morgan fingerprint density at radius 1 is 1.00 bits per heavy atom. The summed E-state index contributed by atoms with van der Waals surface area (Å²) in [5.41, 5.74) is 0.491. The Morgan fingerprint density at radius 2 is 1.65 bits per heavy atom. The van der Waals surface area contributed by atoms with Crippen LogP contribution in [0.4, 0.5) is 9.59 Å². The molecule has 1 aromatic carbocycles. The third-order valence-corrected chi connectivity index (χ3v) is 4.92. The van der Waals surface area contributed by atoms with Crippen LogP contribution in [-0.4, -0.2) is 53.8 Å². The van der Waals surface area contributed by atoms with Crippen LogP contribution in [0.1, 0.15) is 32.8 Å². The molecule has 2 fully saturated rings. The van der Waals surface area contributed by atoms with Crippen molar-refractivity contribution in [2.45, 2.75) is 39.4 Å². The fourth-order valence-electron chi connectivity index (χ4n) is 3.62. The maximum atomic E-state index is 12.4. The molecule has 0 aliphatic carbocycles. The van der Waals surface area contributed by atoms with E-state index in [2.05, 4.69) is 0 Å². The van der Waals surface area contributed by atoms with E-state index in [1.807, 2.05) is 51.1 Å². The van der Waals surface area contributed by atoms with Crippen molar-refractivity contribution in [3.63, 3.8) is 0 Å². The van der Waals surface area contributed by atoms with Gasteiger partial charge in [0, 0.05) is 26.2 Å². The highest BCUT2D eigenvalue weighted by Crippen LogP contribution is 2.32. The van der Waals surface area contributed by atoms with Gasteiger partial charge in [0.25, 0.3) is 0 Å². The Balaban J connectivity index is 1.50. The lowest BCUT2D eigenvalue weighted by Gasteiger charge is -2.35. The number of fused-ring (bicyclic) bond motifs is 1. The highest BCUT2D eigenvalue weighted by atomic mass is 16.6. The molecule has 26 heavy (non-hydrogen) atoms. The van der Waals surface area contributed by atoms with Gasteiger partial charge < -0.3 is 19.3 Å². The molecule has 0 aromatic heterocycles. The van der Waals surface area contributed by atoms with Gasteiger partial charge in [0.2, 0.25) is 0 Å². The van der Waals surface area contributed by atoms with Crippen molar-refractivity contribution in [1.29, 1.82) is 0 Å². The molecule has 0 unspecified atom stereocenters. The lowest BCUT2D eigenvalue weighted by atomic mass is 9.89. The summed E-state index contributed by atoms with van der Waals surface area (Å²) in [7, 11) is 0. The van der Waals surface area contributed by atoms with Crippen LogP contribution in [-0.2, 0) is 16.1 Å². The molecule has 0 bridgehead atoms. The molecule has 0 saturated carbocycles. The number of ether oxygens (including phenoxy) is 2. The summed E-state index contributed by atoms with van der Waals surface area (Å²) < 4.78 is 10.9. The monoisotopic (exact) mass is 360 g/mol. The number of hydrogen-bond acceptors (Lipinski definition) is 4. The van der Waals surface area contributed by atoms with E-state index in [4.69, 9.17) is 9.47 Å². The zero-order valence-electron chi connectivity index (χ0n) is 15.8. The van der Waals surface area contributed by atoms with Crippen molar-refractivity contribution in [2.75, 3.05) is 26.2 Å². The molecule has 1 aromatic rings. The first kappa shape index (κ1) is 18.5. The van der Waals surface area contributed by atoms with E-state index >= 15 is 0 Å². The van der Waals surface area contributed by atoms with E-state index in [1.165, 1.54) is 0 Å². The fraction of sp³-hybridized carbons (Fsp3) is 0.600. The summed E-state index contributed by atoms with van der Waals surface area (Å²) in [5.74, 6) is 0.721. The summed E-state index contributed by atoms with van der Waals surface area (Å²) >= 11 is 0. The molecular formula is C20H28N2O4. The SMILES string of the molecule is CC(C)(C)OC(=O)N1CC[C@@H]2CN(C(=O)OCc3ccccc3)C[C@@H]2C1. The van der Waals surface area contributed by atoms with E-state index < -0.39 is 5.60 Å². The first-order chi connectivity index (χ1) is 12.3. The van der Waals surface area contributed by atoms with E-state index in [9.17, 15) is 9.59 Å². The third-order valence-electron chi connectivity index (χ3n) is 4.92. The van der Waals surface area contributed by atoms with Crippen LogP contribution in [0, 0.1) is 11.8 Å². The molecule has 0 N–H and O–H groups in total. The Bertz CT molecular complexity index is 641. The van der Waals surface area contributed by atoms with Crippen LogP contribution >= 0.6 is 0 Å². The molecule has 2 amide bonds. The fourth-order valence-corrected chi connectivity index (χ4v) is 3.62. The molecule has 0 radical (unpaired) electrons. The van der Waals surface area contributed by atoms with E-state index in [1.54, 1.807) is 9.80 Å². The average molecular weight is 360 g/mol. The second-order valence-corrected chi connectivity index (χ2v) is 8.18. The Labute approximate surface area is 155 Å². The molecule has 6 heteroatoms. The number of likely N-dealkylation sites (tertiary alicyclic amines) is 2. The molecule has 6 nitrogen and oxygen atoms in total. The number of nitrogens with zero attached hydrogens (tertiary/aromatic N) is 2. The van der Waals surface area contributed by atoms with Crippen molar-refractivity contribution in [3.05, 3.63) is 35.9 Å². The van der Waals surface area contributed by atoms with Crippen LogP contribution in [0.25, 0.3) is 0 Å². The second kappa shape index (κ2) is 7.56. The number of rotatable bonds is 2. The van der Waals surface area contributed by atoms with Gasteiger partial charge in [-0.2, -0.15) is 0 Å². The maximum absolute atomic E-state index is 12.4. The van der Waals surface area contributed by atoms with Crippen LogP contribution in [0.5, 0.6) is 0 Å². The lowest BCUT2D eigenvalue weighted by molar-refractivity contribution is 0.0139. The van der Waals surface area contributed by atoms with Gasteiger partial charge in [0.1, 0.15) is 12.2 Å². The van der Waals surface area contributed by atoms with Gasteiger partial charge >= 0.3 is 12.2 Å². The summed E-state index contributed by atoms with van der Waals surface area (Å²) in [5, 5.41) is 0. The molecule has 2 saturated heterocycles. The van der Waals surface area contributed by atoms with Crippen LogP contribution in [0.15, 0.2) is 30.3 Å². The Hall–Kier alpha value is -2.24. The summed E-state index contributed by atoms with van der Waals surface area (Å²) in [6.07, 6.45) is 0.361. The molecule has 0 spiro atoms. The van der Waals surface area contributed by atoms with E-state index in [0.717, 1.165) is 12.0 Å². The number of benzene rings is 1. The zero-order chi connectivity index (χ0) is 18.7. The van der Waals surface area contributed by atoms with Crippen LogP contribution < -0.4 is 0 Å². The van der Waals surface area contributed by atoms with Crippen molar-refractivity contribution < 1.29 is 19.1 Å². The quantitative estimate of drug-likeness (QED) is 0.810. The topological polar surface area (TPSA) is 59.1 Å². The highest BCUT2D eigenvalue weighted by Gasteiger charge is 2.41. The zero-order valence-corrected chi connectivity index (χ0v) is 15.8. The normalized spacial score (nSPS) is 22.7.